The summed E-state index contributed by atoms with van der Waals surface area (Å²) in [6, 6.07) is 0. The van der Waals surface area contributed by atoms with Crippen LogP contribution in [0.3, 0.4) is 0 Å². The first-order valence-corrected chi connectivity index (χ1v) is 6.09. The van der Waals surface area contributed by atoms with Crippen LogP contribution in [0.5, 0.6) is 0 Å². The molecule has 5 heteroatoms. The highest BCUT2D eigenvalue weighted by Gasteiger charge is 2.33. The molecule has 0 spiro atoms. The minimum Gasteiger partial charge on any atom is -0.481 e. The minimum atomic E-state index is -0.979. The van der Waals surface area contributed by atoms with Gasteiger partial charge in [0.2, 0.25) is 5.91 Å². The van der Waals surface area contributed by atoms with Crippen molar-refractivity contribution < 1.29 is 19.8 Å². The van der Waals surface area contributed by atoms with Crippen molar-refractivity contribution in [3.8, 4) is 0 Å². The number of carboxylic acid groups (broad SMARTS) is 1. The number of carbonyl (C=O) groups is 2. The van der Waals surface area contributed by atoms with Crippen LogP contribution in [0.1, 0.15) is 39.5 Å². The number of carbonyl (C=O) groups excluding carboxylic acids is 1. The van der Waals surface area contributed by atoms with E-state index in [1.807, 2.05) is 0 Å². The minimum absolute atomic E-state index is 0.225. The third-order valence-corrected chi connectivity index (χ3v) is 3.68. The lowest BCUT2D eigenvalue weighted by atomic mass is 9.94. The summed E-state index contributed by atoms with van der Waals surface area (Å²) in [4.78, 5) is 22.4. The fraction of sp³-hybridized carbons (Fsp3) is 0.833. The third-order valence-electron chi connectivity index (χ3n) is 3.68. The van der Waals surface area contributed by atoms with Crippen molar-refractivity contribution in [1.29, 1.82) is 0 Å². The average Bonchev–Trinajstić information content (AvgIpc) is 2.71. The Balaban J connectivity index is 2.41. The van der Waals surface area contributed by atoms with Gasteiger partial charge in [0, 0.05) is 12.5 Å². The molecule has 2 unspecified atom stereocenters. The number of hydrogen-bond donors (Lipinski definition) is 3. The molecule has 0 radical (unpaired) electrons. The van der Waals surface area contributed by atoms with Crippen LogP contribution in [0, 0.1) is 11.8 Å². The van der Waals surface area contributed by atoms with Crippen molar-refractivity contribution in [3.05, 3.63) is 0 Å². The van der Waals surface area contributed by atoms with Crippen LogP contribution < -0.4 is 5.32 Å². The van der Waals surface area contributed by atoms with Gasteiger partial charge >= 0.3 is 5.97 Å². The largest absolute Gasteiger partial charge is 0.481 e. The first kappa shape index (κ1) is 14.0. The Bertz CT molecular complexity index is 297. The van der Waals surface area contributed by atoms with E-state index in [-0.39, 0.29) is 12.5 Å². The van der Waals surface area contributed by atoms with E-state index in [4.69, 9.17) is 5.11 Å². The van der Waals surface area contributed by atoms with E-state index in [1.165, 1.54) is 6.92 Å². The number of aliphatic hydroxyl groups is 1. The highest BCUT2D eigenvalue weighted by Crippen LogP contribution is 2.28. The molecule has 0 aromatic heterocycles. The Hall–Kier alpha value is -1.10. The molecule has 98 valence electrons. The molecule has 3 N–H and O–H groups in total. The first-order valence-electron chi connectivity index (χ1n) is 6.09. The van der Waals surface area contributed by atoms with Gasteiger partial charge in [0.15, 0.2) is 0 Å². The Labute approximate surface area is 101 Å². The lowest BCUT2D eigenvalue weighted by Gasteiger charge is -2.24. The molecular formula is C12H21NO4. The molecule has 1 aliphatic carbocycles. The summed E-state index contributed by atoms with van der Waals surface area (Å²) in [7, 11) is 0. The van der Waals surface area contributed by atoms with Crippen LogP contribution in [0.4, 0.5) is 0 Å². The van der Waals surface area contributed by atoms with E-state index in [0.29, 0.717) is 12.8 Å². The molecule has 1 aliphatic rings. The van der Waals surface area contributed by atoms with Crippen molar-refractivity contribution in [2.24, 2.45) is 11.8 Å². The molecule has 1 rings (SSSR count). The second-order valence-corrected chi connectivity index (χ2v) is 5.06. The predicted molar refractivity (Wildman–Crippen MR) is 62.4 cm³/mol. The van der Waals surface area contributed by atoms with Gasteiger partial charge in [-0.05, 0) is 12.8 Å². The van der Waals surface area contributed by atoms with E-state index < -0.39 is 23.4 Å². The summed E-state index contributed by atoms with van der Waals surface area (Å²) in [5.74, 6) is -2.59. The number of rotatable bonds is 5. The van der Waals surface area contributed by atoms with Crippen LogP contribution in [-0.2, 0) is 9.59 Å². The van der Waals surface area contributed by atoms with Gasteiger partial charge in [-0.15, -0.1) is 0 Å². The molecule has 0 aromatic carbocycles. The molecule has 0 heterocycles. The van der Waals surface area contributed by atoms with Crippen molar-refractivity contribution in [3.63, 3.8) is 0 Å². The number of hydrogen-bond acceptors (Lipinski definition) is 3. The normalized spacial score (nSPS) is 21.8. The molecule has 0 saturated heterocycles. The molecule has 1 fully saturated rings. The summed E-state index contributed by atoms with van der Waals surface area (Å²) >= 11 is 0. The highest BCUT2D eigenvalue weighted by molar-refractivity contribution is 5.84. The molecule has 0 aromatic rings. The molecule has 17 heavy (non-hydrogen) atoms. The van der Waals surface area contributed by atoms with Gasteiger partial charge < -0.3 is 15.5 Å². The SMILES string of the molecule is CC(C(=O)O)C(C)C(=O)NCC1(O)CCCC1. The Morgan fingerprint density at radius 3 is 2.24 bits per heavy atom. The quantitative estimate of drug-likeness (QED) is 0.665. The summed E-state index contributed by atoms with van der Waals surface area (Å²) in [5.41, 5.74) is -0.790. The zero-order valence-corrected chi connectivity index (χ0v) is 10.4. The van der Waals surface area contributed by atoms with Gasteiger partial charge in [-0.2, -0.15) is 0 Å². The predicted octanol–water partition coefficient (Wildman–Crippen LogP) is 0.764. The van der Waals surface area contributed by atoms with Gasteiger partial charge in [0.05, 0.1) is 11.5 Å². The maximum absolute atomic E-state index is 11.7. The van der Waals surface area contributed by atoms with Gasteiger partial charge in [-0.25, -0.2) is 0 Å². The van der Waals surface area contributed by atoms with Crippen LogP contribution in [0.15, 0.2) is 0 Å². The van der Waals surface area contributed by atoms with E-state index in [2.05, 4.69) is 5.32 Å². The standard InChI is InChI=1S/C12H21NO4/c1-8(9(2)11(15)16)10(14)13-7-12(17)5-3-4-6-12/h8-9,17H,3-7H2,1-2H3,(H,13,14)(H,15,16). The fourth-order valence-corrected chi connectivity index (χ4v) is 2.06. The number of carboxylic acids is 1. The van der Waals surface area contributed by atoms with Crippen molar-refractivity contribution in [2.45, 2.75) is 45.1 Å². The first-order chi connectivity index (χ1) is 7.86. The second-order valence-electron chi connectivity index (χ2n) is 5.06. The third kappa shape index (κ3) is 3.70. The Morgan fingerprint density at radius 2 is 1.76 bits per heavy atom. The van der Waals surface area contributed by atoms with Gasteiger partial charge in [-0.3, -0.25) is 9.59 Å². The monoisotopic (exact) mass is 243 g/mol. The highest BCUT2D eigenvalue weighted by atomic mass is 16.4. The molecule has 1 amide bonds. The van der Waals surface area contributed by atoms with Crippen molar-refractivity contribution in [1.82, 2.24) is 5.32 Å². The lowest BCUT2D eigenvalue weighted by Crippen LogP contribution is -2.44. The van der Waals surface area contributed by atoms with Gasteiger partial charge in [0.1, 0.15) is 0 Å². The van der Waals surface area contributed by atoms with Gasteiger partial charge in [0.25, 0.3) is 0 Å². The van der Waals surface area contributed by atoms with Crippen molar-refractivity contribution >= 4 is 11.9 Å². The molecule has 5 nitrogen and oxygen atoms in total. The zero-order valence-electron chi connectivity index (χ0n) is 10.4. The van der Waals surface area contributed by atoms with Crippen LogP contribution in [0.25, 0.3) is 0 Å². The molecule has 0 aliphatic heterocycles. The number of nitrogens with one attached hydrogen (secondary N) is 1. The Kier molecular flexibility index (Phi) is 4.51. The zero-order chi connectivity index (χ0) is 13.1. The maximum Gasteiger partial charge on any atom is 0.307 e. The number of aliphatic carboxylic acids is 1. The number of amides is 1. The molecular weight excluding hydrogens is 222 g/mol. The van der Waals surface area contributed by atoms with Crippen LogP contribution in [-0.4, -0.2) is 34.2 Å². The van der Waals surface area contributed by atoms with E-state index in [0.717, 1.165) is 12.8 Å². The lowest BCUT2D eigenvalue weighted by molar-refractivity contribution is -0.146. The summed E-state index contributed by atoms with van der Waals surface area (Å²) in [6.07, 6.45) is 3.37. The molecule has 2 atom stereocenters. The molecule has 0 bridgehead atoms. The van der Waals surface area contributed by atoms with Crippen LogP contribution >= 0.6 is 0 Å². The summed E-state index contributed by atoms with van der Waals surface area (Å²) in [6.45, 7) is 3.33. The topological polar surface area (TPSA) is 86.6 Å². The maximum atomic E-state index is 11.7. The Morgan fingerprint density at radius 1 is 1.24 bits per heavy atom. The van der Waals surface area contributed by atoms with Crippen molar-refractivity contribution in [2.75, 3.05) is 6.54 Å². The van der Waals surface area contributed by atoms with E-state index >= 15 is 0 Å². The molecule has 1 saturated carbocycles. The smallest absolute Gasteiger partial charge is 0.307 e. The second kappa shape index (κ2) is 5.49. The van der Waals surface area contributed by atoms with Crippen LogP contribution in [0.2, 0.25) is 0 Å². The average molecular weight is 243 g/mol. The van der Waals surface area contributed by atoms with E-state index in [9.17, 15) is 14.7 Å². The van der Waals surface area contributed by atoms with Gasteiger partial charge in [-0.1, -0.05) is 26.7 Å². The van der Waals surface area contributed by atoms with E-state index in [1.54, 1.807) is 6.92 Å². The summed E-state index contributed by atoms with van der Waals surface area (Å²) < 4.78 is 0. The summed E-state index contributed by atoms with van der Waals surface area (Å²) in [5, 5.41) is 21.5. The fourth-order valence-electron chi connectivity index (χ4n) is 2.06.